The van der Waals surface area contributed by atoms with Gasteiger partial charge in [-0.25, -0.2) is 9.18 Å². The summed E-state index contributed by atoms with van der Waals surface area (Å²) in [5, 5.41) is 0. The van der Waals surface area contributed by atoms with Crippen molar-refractivity contribution in [3.05, 3.63) is 11.8 Å². The quantitative estimate of drug-likeness (QED) is 0.283. The third-order valence-corrected chi connectivity index (χ3v) is 1.30. The normalized spacial score (nSPS) is 11.0. The third-order valence-electron chi connectivity index (χ3n) is 1.30. The molecule has 0 saturated heterocycles. The van der Waals surface area contributed by atoms with Gasteiger partial charge in [-0.1, -0.05) is 0 Å². The zero-order valence-electron chi connectivity index (χ0n) is 8.54. The van der Waals surface area contributed by atoms with E-state index in [0.717, 1.165) is 0 Å². The molecule has 0 N–H and O–H groups in total. The number of carbonyl (C=O) groups is 2. The smallest absolute Gasteiger partial charge is 0.343 e. The zero-order valence-corrected chi connectivity index (χ0v) is 8.54. The molecule has 0 radical (unpaired) electrons. The number of esters is 1. The fourth-order valence-corrected chi connectivity index (χ4v) is 0.778. The molecule has 0 aliphatic rings. The minimum atomic E-state index is -1.20. The number of halogens is 1. The van der Waals surface area contributed by atoms with E-state index in [4.69, 9.17) is 0 Å². The lowest BCUT2D eigenvalue weighted by Gasteiger charge is -2.08. The van der Waals surface area contributed by atoms with E-state index in [1.807, 2.05) is 0 Å². The lowest BCUT2D eigenvalue weighted by molar-refractivity contribution is -0.140. The molecule has 0 rings (SSSR count). The van der Waals surface area contributed by atoms with E-state index in [0.29, 0.717) is 0 Å². The number of ketones is 1. The highest BCUT2D eigenvalue weighted by Crippen LogP contribution is 2.02. The number of hydrogen-bond acceptors (Lipinski definition) is 4. The number of Topliss-reactive ketones (excluding diaryl/α,β-unsaturated/α-hetero) is 1. The first kappa shape index (κ1) is 12.6. The van der Waals surface area contributed by atoms with Crippen LogP contribution in [0.3, 0.4) is 0 Å². The molecule has 0 saturated carbocycles. The summed E-state index contributed by atoms with van der Waals surface area (Å²) in [7, 11) is 3.26. The Balaban J connectivity index is 4.72. The van der Waals surface area contributed by atoms with Gasteiger partial charge in [0.25, 0.3) is 0 Å². The summed E-state index contributed by atoms with van der Waals surface area (Å²) in [5.41, 5.74) is -0.264. The largest absolute Gasteiger partial charge is 0.462 e. The van der Waals surface area contributed by atoms with Gasteiger partial charge in [-0.2, -0.15) is 0 Å². The van der Waals surface area contributed by atoms with Crippen LogP contribution in [-0.4, -0.2) is 44.0 Å². The molecular formula is C9H14FNO3. The molecule has 0 unspecified atom stereocenters. The lowest BCUT2D eigenvalue weighted by Crippen LogP contribution is -2.20. The highest BCUT2D eigenvalue weighted by atomic mass is 19.1. The van der Waals surface area contributed by atoms with Gasteiger partial charge >= 0.3 is 5.97 Å². The number of rotatable bonds is 5. The van der Waals surface area contributed by atoms with E-state index in [-0.39, 0.29) is 12.2 Å². The van der Waals surface area contributed by atoms with Crippen LogP contribution >= 0.6 is 0 Å². The van der Waals surface area contributed by atoms with Gasteiger partial charge in [0.15, 0.2) is 6.67 Å². The van der Waals surface area contributed by atoms with E-state index in [2.05, 4.69) is 4.74 Å². The number of alkyl halides is 1. The minimum Gasteiger partial charge on any atom is -0.462 e. The van der Waals surface area contributed by atoms with Crippen molar-refractivity contribution in [2.45, 2.75) is 6.92 Å². The molecule has 0 fully saturated rings. The Morgan fingerprint density at radius 1 is 1.43 bits per heavy atom. The van der Waals surface area contributed by atoms with Crippen LogP contribution in [0.1, 0.15) is 6.92 Å². The Morgan fingerprint density at radius 2 is 2.00 bits per heavy atom. The van der Waals surface area contributed by atoms with Crippen LogP contribution in [0.4, 0.5) is 4.39 Å². The topological polar surface area (TPSA) is 46.6 Å². The van der Waals surface area contributed by atoms with Crippen LogP contribution < -0.4 is 0 Å². The van der Waals surface area contributed by atoms with Crippen molar-refractivity contribution in [2.24, 2.45) is 0 Å². The van der Waals surface area contributed by atoms with Crippen LogP contribution in [0.2, 0.25) is 0 Å². The van der Waals surface area contributed by atoms with Gasteiger partial charge in [0.1, 0.15) is 5.57 Å². The van der Waals surface area contributed by atoms with Crippen LogP contribution in [0.25, 0.3) is 0 Å². The van der Waals surface area contributed by atoms with E-state index in [9.17, 15) is 14.0 Å². The summed E-state index contributed by atoms with van der Waals surface area (Å²) < 4.78 is 16.7. The Bertz CT molecular complexity index is 248. The standard InChI is InChI=1S/C9H14FNO3/c1-4-14-9(13)7(6-11(2)3)8(12)5-10/h6H,4-5H2,1-3H3/b7-6+. The highest BCUT2D eigenvalue weighted by molar-refractivity contribution is 6.17. The number of ether oxygens (including phenoxy) is 1. The molecule has 0 spiro atoms. The molecule has 4 nitrogen and oxygen atoms in total. The average Bonchev–Trinajstić information content (AvgIpc) is 2.13. The van der Waals surface area contributed by atoms with Crippen molar-refractivity contribution in [3.8, 4) is 0 Å². The van der Waals surface area contributed by atoms with Crippen molar-refractivity contribution in [1.29, 1.82) is 0 Å². The fourth-order valence-electron chi connectivity index (χ4n) is 0.778. The lowest BCUT2D eigenvalue weighted by atomic mass is 10.2. The van der Waals surface area contributed by atoms with Crippen LogP contribution in [-0.2, 0) is 14.3 Å². The maximum Gasteiger partial charge on any atom is 0.343 e. The Hall–Kier alpha value is -1.39. The van der Waals surface area contributed by atoms with Gasteiger partial charge in [-0.05, 0) is 6.92 Å². The number of nitrogens with zero attached hydrogens (tertiary/aromatic N) is 1. The molecule has 0 aromatic heterocycles. The van der Waals surface area contributed by atoms with Crippen molar-refractivity contribution >= 4 is 11.8 Å². The van der Waals surface area contributed by atoms with Crippen molar-refractivity contribution in [2.75, 3.05) is 27.4 Å². The van der Waals surface area contributed by atoms with Gasteiger partial charge in [0.2, 0.25) is 5.78 Å². The van der Waals surface area contributed by atoms with E-state index >= 15 is 0 Å². The maximum atomic E-state index is 12.1. The molecule has 0 aromatic rings. The van der Waals surface area contributed by atoms with E-state index in [1.54, 1.807) is 21.0 Å². The second-order valence-electron chi connectivity index (χ2n) is 2.78. The molecule has 0 atom stereocenters. The van der Waals surface area contributed by atoms with Gasteiger partial charge < -0.3 is 9.64 Å². The second-order valence-corrected chi connectivity index (χ2v) is 2.78. The molecule has 14 heavy (non-hydrogen) atoms. The molecule has 5 heteroatoms. The second kappa shape index (κ2) is 6.12. The summed E-state index contributed by atoms with van der Waals surface area (Å²) in [6.07, 6.45) is 1.25. The third kappa shape index (κ3) is 4.02. The Kier molecular flexibility index (Phi) is 5.52. The molecule has 0 heterocycles. The summed E-state index contributed by atoms with van der Waals surface area (Å²) in [6, 6.07) is 0. The summed E-state index contributed by atoms with van der Waals surface area (Å²) in [4.78, 5) is 23.7. The van der Waals surface area contributed by atoms with Crippen LogP contribution in [0, 0.1) is 0 Å². The minimum absolute atomic E-state index is 0.156. The predicted octanol–water partition coefficient (Wildman–Crippen LogP) is 0.534. The average molecular weight is 203 g/mol. The molecular weight excluding hydrogens is 189 g/mol. The summed E-state index contributed by atoms with van der Waals surface area (Å²) in [5.74, 6) is -1.65. The van der Waals surface area contributed by atoms with Gasteiger partial charge in [-0.3, -0.25) is 4.79 Å². The summed E-state index contributed by atoms with van der Waals surface area (Å²) >= 11 is 0. The number of hydrogen-bond donors (Lipinski definition) is 0. The van der Waals surface area contributed by atoms with Gasteiger partial charge in [-0.15, -0.1) is 0 Å². The predicted molar refractivity (Wildman–Crippen MR) is 49.4 cm³/mol. The molecule has 0 aromatic carbocycles. The monoisotopic (exact) mass is 203 g/mol. The first-order chi connectivity index (χ1) is 6.52. The fraction of sp³-hybridized carbons (Fsp3) is 0.556. The zero-order chi connectivity index (χ0) is 11.1. The van der Waals surface area contributed by atoms with Crippen LogP contribution in [0.15, 0.2) is 11.8 Å². The molecule has 0 bridgehead atoms. The molecule has 80 valence electrons. The van der Waals surface area contributed by atoms with Crippen molar-refractivity contribution < 1.29 is 18.7 Å². The Labute approximate surface area is 82.3 Å². The summed E-state index contributed by atoms with van der Waals surface area (Å²) in [6.45, 7) is 0.576. The van der Waals surface area contributed by atoms with E-state index < -0.39 is 18.4 Å². The molecule has 0 amide bonds. The highest BCUT2D eigenvalue weighted by Gasteiger charge is 2.19. The first-order valence-corrected chi connectivity index (χ1v) is 4.17. The van der Waals surface area contributed by atoms with Crippen LogP contribution in [0.5, 0.6) is 0 Å². The van der Waals surface area contributed by atoms with Gasteiger partial charge in [0.05, 0.1) is 6.61 Å². The van der Waals surface area contributed by atoms with Gasteiger partial charge in [0, 0.05) is 20.3 Å². The Morgan fingerprint density at radius 3 is 2.36 bits per heavy atom. The van der Waals surface area contributed by atoms with E-state index in [1.165, 1.54) is 11.1 Å². The number of carbonyl (C=O) groups excluding carboxylic acids is 2. The van der Waals surface area contributed by atoms with Crippen molar-refractivity contribution in [3.63, 3.8) is 0 Å². The first-order valence-electron chi connectivity index (χ1n) is 4.17. The SMILES string of the molecule is CCOC(=O)/C(=C/N(C)C)C(=O)CF. The maximum absolute atomic E-state index is 12.1. The van der Waals surface area contributed by atoms with Crippen molar-refractivity contribution in [1.82, 2.24) is 4.90 Å². The molecule has 0 aliphatic heterocycles. The molecule has 0 aliphatic carbocycles.